The number of carbonyl (C=O) groups is 2. The molecule has 1 atom stereocenters. The number of aromatic nitrogens is 1. The number of aryl methyl sites for hydroxylation is 2. The predicted molar refractivity (Wildman–Crippen MR) is 99.5 cm³/mol. The molecule has 1 heterocycles. The molecule has 0 aliphatic carbocycles. The van der Waals surface area contributed by atoms with Crippen LogP contribution >= 0.6 is 0 Å². The highest BCUT2D eigenvalue weighted by Crippen LogP contribution is 2.18. The maximum atomic E-state index is 12.4. The fourth-order valence-electron chi connectivity index (χ4n) is 2.64. The zero-order chi connectivity index (χ0) is 20.0. The van der Waals surface area contributed by atoms with E-state index in [9.17, 15) is 9.59 Å². The van der Waals surface area contributed by atoms with Crippen LogP contribution in [-0.2, 0) is 16.1 Å². The largest absolute Gasteiger partial charge is 0.489 e. The van der Waals surface area contributed by atoms with Crippen LogP contribution in [0.1, 0.15) is 47.6 Å². The van der Waals surface area contributed by atoms with E-state index in [0.717, 1.165) is 17.0 Å². The van der Waals surface area contributed by atoms with E-state index in [4.69, 9.17) is 14.0 Å². The number of nitrogens with one attached hydrogen (secondary N) is 1. The number of amides is 1. The summed E-state index contributed by atoms with van der Waals surface area (Å²) in [4.78, 5) is 24.3. The first-order valence-electron chi connectivity index (χ1n) is 8.85. The van der Waals surface area contributed by atoms with Gasteiger partial charge in [0.05, 0.1) is 18.4 Å². The molecule has 0 aliphatic heterocycles. The second-order valence-corrected chi connectivity index (χ2v) is 6.79. The standard InChI is InChI=1S/C20H26N2O5/c1-12(2)10-18(20(24)25-5)21-19(23)15-6-8-16(9-7-15)26-11-17-13(3)22-27-14(17)4/h6-9,12,18H,10-11H2,1-5H3,(H,21,23). The predicted octanol–water partition coefficient (Wildman–Crippen LogP) is 3.19. The van der Waals surface area contributed by atoms with Gasteiger partial charge in [0.2, 0.25) is 0 Å². The molecule has 0 saturated carbocycles. The van der Waals surface area contributed by atoms with Gasteiger partial charge in [-0.3, -0.25) is 4.79 Å². The van der Waals surface area contributed by atoms with Crippen molar-refractivity contribution in [3.05, 3.63) is 46.8 Å². The first kappa shape index (κ1) is 20.5. The summed E-state index contributed by atoms with van der Waals surface area (Å²) in [6, 6.07) is 6.06. The quantitative estimate of drug-likeness (QED) is 0.714. The van der Waals surface area contributed by atoms with Gasteiger partial charge in [0, 0.05) is 5.56 Å². The van der Waals surface area contributed by atoms with Crippen LogP contribution in [0.25, 0.3) is 0 Å². The van der Waals surface area contributed by atoms with Crippen molar-refractivity contribution in [1.82, 2.24) is 10.5 Å². The topological polar surface area (TPSA) is 90.7 Å². The number of ether oxygens (including phenoxy) is 2. The molecule has 2 rings (SSSR count). The molecule has 0 saturated heterocycles. The normalized spacial score (nSPS) is 11.9. The van der Waals surface area contributed by atoms with E-state index < -0.39 is 12.0 Å². The molecular formula is C20H26N2O5. The third-order valence-corrected chi connectivity index (χ3v) is 4.18. The van der Waals surface area contributed by atoms with Crippen molar-refractivity contribution in [3.63, 3.8) is 0 Å². The number of hydrogen-bond donors (Lipinski definition) is 1. The van der Waals surface area contributed by atoms with Crippen molar-refractivity contribution in [1.29, 1.82) is 0 Å². The van der Waals surface area contributed by atoms with Crippen LogP contribution in [0, 0.1) is 19.8 Å². The maximum absolute atomic E-state index is 12.4. The summed E-state index contributed by atoms with van der Waals surface area (Å²) in [6.07, 6.45) is 0.511. The molecule has 1 unspecified atom stereocenters. The molecule has 0 bridgehead atoms. The third-order valence-electron chi connectivity index (χ3n) is 4.18. The Kier molecular flexibility index (Phi) is 6.98. The summed E-state index contributed by atoms with van der Waals surface area (Å²) in [6.45, 7) is 7.99. The van der Waals surface area contributed by atoms with E-state index in [0.29, 0.717) is 24.3 Å². The molecule has 2 aromatic rings. The van der Waals surface area contributed by atoms with Crippen LogP contribution in [0.5, 0.6) is 5.75 Å². The highest BCUT2D eigenvalue weighted by atomic mass is 16.5. The Balaban J connectivity index is 1.98. The Hall–Kier alpha value is -2.83. The van der Waals surface area contributed by atoms with Gasteiger partial charge in [-0.1, -0.05) is 19.0 Å². The lowest BCUT2D eigenvalue weighted by atomic mass is 10.0. The molecule has 0 aliphatic rings. The van der Waals surface area contributed by atoms with Gasteiger partial charge in [-0.15, -0.1) is 0 Å². The minimum atomic E-state index is -0.669. The molecule has 1 aromatic heterocycles. The number of hydrogen-bond acceptors (Lipinski definition) is 6. The summed E-state index contributed by atoms with van der Waals surface area (Å²) >= 11 is 0. The number of methoxy groups -OCH3 is 1. The Morgan fingerprint density at radius 1 is 1.19 bits per heavy atom. The van der Waals surface area contributed by atoms with Crippen LogP contribution < -0.4 is 10.1 Å². The molecule has 1 amide bonds. The average molecular weight is 374 g/mol. The summed E-state index contributed by atoms with van der Waals surface area (Å²) in [5, 5.41) is 6.62. The van der Waals surface area contributed by atoms with Crippen molar-refractivity contribution >= 4 is 11.9 Å². The van der Waals surface area contributed by atoms with E-state index in [2.05, 4.69) is 10.5 Å². The lowest BCUT2D eigenvalue weighted by Gasteiger charge is -2.18. The van der Waals surface area contributed by atoms with E-state index in [-0.39, 0.29) is 11.8 Å². The first-order chi connectivity index (χ1) is 12.8. The minimum absolute atomic E-state index is 0.245. The van der Waals surface area contributed by atoms with E-state index in [1.54, 1.807) is 24.3 Å². The zero-order valence-corrected chi connectivity index (χ0v) is 16.4. The van der Waals surface area contributed by atoms with E-state index >= 15 is 0 Å². The molecule has 7 heteroatoms. The molecule has 27 heavy (non-hydrogen) atoms. The van der Waals surface area contributed by atoms with E-state index in [1.165, 1.54) is 7.11 Å². The maximum Gasteiger partial charge on any atom is 0.328 e. The number of rotatable bonds is 8. The fourth-order valence-corrected chi connectivity index (χ4v) is 2.64. The van der Waals surface area contributed by atoms with Gasteiger partial charge in [0.1, 0.15) is 24.2 Å². The fraction of sp³-hybridized carbons (Fsp3) is 0.450. The number of esters is 1. The van der Waals surface area contributed by atoms with Crippen molar-refractivity contribution < 1.29 is 23.6 Å². The average Bonchev–Trinajstić information content (AvgIpc) is 2.96. The molecule has 1 N–H and O–H groups in total. The van der Waals surface area contributed by atoms with Crippen molar-refractivity contribution in [2.45, 2.75) is 46.8 Å². The minimum Gasteiger partial charge on any atom is -0.489 e. The molecule has 1 aromatic carbocycles. The van der Waals surface area contributed by atoms with Crippen LogP contribution in [0.3, 0.4) is 0 Å². The highest BCUT2D eigenvalue weighted by molar-refractivity contribution is 5.96. The number of carbonyl (C=O) groups excluding carboxylic acids is 2. The zero-order valence-electron chi connectivity index (χ0n) is 16.4. The van der Waals surface area contributed by atoms with Crippen LogP contribution in [0.15, 0.2) is 28.8 Å². The summed E-state index contributed by atoms with van der Waals surface area (Å²) < 4.78 is 15.6. The molecule has 7 nitrogen and oxygen atoms in total. The monoisotopic (exact) mass is 374 g/mol. The molecule has 0 fully saturated rings. The molecule has 146 valence electrons. The molecular weight excluding hydrogens is 348 g/mol. The van der Waals surface area contributed by atoms with Gasteiger partial charge in [0.25, 0.3) is 5.91 Å². The van der Waals surface area contributed by atoms with Crippen LogP contribution in [0.2, 0.25) is 0 Å². The number of benzene rings is 1. The van der Waals surface area contributed by atoms with Gasteiger partial charge in [0.15, 0.2) is 0 Å². The van der Waals surface area contributed by atoms with E-state index in [1.807, 2.05) is 27.7 Å². The smallest absolute Gasteiger partial charge is 0.328 e. The van der Waals surface area contributed by atoms with Gasteiger partial charge in [-0.05, 0) is 50.5 Å². The molecule has 0 radical (unpaired) electrons. The Morgan fingerprint density at radius 2 is 1.85 bits per heavy atom. The van der Waals surface area contributed by atoms with Gasteiger partial charge in [-0.2, -0.15) is 0 Å². The lowest BCUT2D eigenvalue weighted by molar-refractivity contribution is -0.143. The summed E-state index contributed by atoms with van der Waals surface area (Å²) in [5.74, 6) is 0.815. The summed E-state index contributed by atoms with van der Waals surface area (Å²) in [5.41, 5.74) is 2.14. The molecule has 0 spiro atoms. The summed E-state index contributed by atoms with van der Waals surface area (Å²) in [7, 11) is 1.31. The second kappa shape index (κ2) is 9.21. The van der Waals surface area contributed by atoms with Gasteiger partial charge in [-0.25, -0.2) is 4.79 Å². The van der Waals surface area contributed by atoms with Crippen molar-refractivity contribution in [2.24, 2.45) is 5.92 Å². The SMILES string of the molecule is COC(=O)C(CC(C)C)NC(=O)c1ccc(OCc2c(C)noc2C)cc1. The van der Waals surface area contributed by atoms with Crippen LogP contribution in [-0.4, -0.2) is 30.2 Å². The highest BCUT2D eigenvalue weighted by Gasteiger charge is 2.23. The third kappa shape index (κ3) is 5.57. The Morgan fingerprint density at radius 3 is 2.37 bits per heavy atom. The van der Waals surface area contributed by atoms with Gasteiger partial charge < -0.3 is 19.3 Å². The Labute approximate surface area is 159 Å². The lowest BCUT2D eigenvalue weighted by Crippen LogP contribution is -2.42. The first-order valence-corrected chi connectivity index (χ1v) is 8.85. The second-order valence-electron chi connectivity index (χ2n) is 6.79. The van der Waals surface area contributed by atoms with Gasteiger partial charge >= 0.3 is 5.97 Å². The Bertz CT molecular complexity index is 761. The van der Waals surface area contributed by atoms with Crippen molar-refractivity contribution in [2.75, 3.05) is 7.11 Å². The number of nitrogens with zero attached hydrogens (tertiary/aromatic N) is 1. The van der Waals surface area contributed by atoms with Crippen LogP contribution in [0.4, 0.5) is 0 Å². The van der Waals surface area contributed by atoms with Crippen molar-refractivity contribution in [3.8, 4) is 5.75 Å².